The van der Waals surface area contributed by atoms with Gasteiger partial charge in [0.15, 0.2) is 0 Å². The number of aliphatic hydroxyl groups is 2. The SMILES string of the molecule is CC(O)c1ccccn1.C[C@]12Cc3cnn(-c4ccc(F)cc4)c3C=C1CCC2CO. The maximum absolute atomic E-state index is 13.1. The Morgan fingerprint density at radius 1 is 1.23 bits per heavy atom. The van der Waals surface area contributed by atoms with Crippen LogP contribution < -0.4 is 0 Å². The lowest BCUT2D eigenvalue weighted by atomic mass is 9.70. The molecule has 162 valence electrons. The van der Waals surface area contributed by atoms with Crippen LogP contribution >= 0.6 is 0 Å². The van der Waals surface area contributed by atoms with Gasteiger partial charge in [-0.3, -0.25) is 4.98 Å². The van der Waals surface area contributed by atoms with Gasteiger partial charge in [0.25, 0.3) is 0 Å². The zero-order valence-electron chi connectivity index (χ0n) is 17.9. The van der Waals surface area contributed by atoms with E-state index in [1.807, 2.05) is 23.0 Å². The van der Waals surface area contributed by atoms with Crippen molar-refractivity contribution in [2.75, 3.05) is 6.61 Å². The van der Waals surface area contributed by atoms with E-state index in [0.29, 0.717) is 5.92 Å². The molecule has 2 aliphatic rings. The van der Waals surface area contributed by atoms with Crippen LogP contribution in [0, 0.1) is 17.2 Å². The average Bonchev–Trinajstić information content (AvgIpc) is 3.32. The summed E-state index contributed by atoms with van der Waals surface area (Å²) in [4.78, 5) is 3.93. The number of benzene rings is 1. The van der Waals surface area contributed by atoms with Crippen molar-refractivity contribution < 1.29 is 14.6 Å². The lowest BCUT2D eigenvalue weighted by Crippen LogP contribution is -2.30. The lowest BCUT2D eigenvalue weighted by Gasteiger charge is -2.35. The maximum Gasteiger partial charge on any atom is 0.123 e. The Hall–Kier alpha value is -2.83. The highest BCUT2D eigenvalue weighted by Crippen LogP contribution is 2.52. The fourth-order valence-corrected chi connectivity index (χ4v) is 4.64. The quantitative estimate of drug-likeness (QED) is 0.654. The molecule has 2 aromatic heterocycles. The van der Waals surface area contributed by atoms with Crippen molar-refractivity contribution in [1.82, 2.24) is 14.8 Å². The van der Waals surface area contributed by atoms with Gasteiger partial charge in [-0.25, -0.2) is 9.07 Å². The molecule has 0 bridgehead atoms. The Kier molecular flexibility index (Phi) is 6.03. The number of nitrogens with zero attached hydrogens (tertiary/aromatic N) is 3. The molecule has 3 aromatic rings. The van der Waals surface area contributed by atoms with Gasteiger partial charge >= 0.3 is 0 Å². The van der Waals surface area contributed by atoms with Crippen LogP contribution in [0.2, 0.25) is 0 Å². The fourth-order valence-electron chi connectivity index (χ4n) is 4.64. The van der Waals surface area contributed by atoms with Crippen molar-refractivity contribution >= 4 is 6.08 Å². The lowest BCUT2D eigenvalue weighted by molar-refractivity contribution is 0.150. The van der Waals surface area contributed by atoms with Crippen LogP contribution in [0.3, 0.4) is 0 Å². The summed E-state index contributed by atoms with van der Waals surface area (Å²) < 4.78 is 15.0. The largest absolute Gasteiger partial charge is 0.396 e. The van der Waals surface area contributed by atoms with Crippen LogP contribution in [0.5, 0.6) is 0 Å². The van der Waals surface area contributed by atoms with Gasteiger partial charge in [0.05, 0.1) is 29.4 Å². The minimum atomic E-state index is -0.453. The average molecular weight is 422 g/mol. The molecule has 1 fully saturated rings. The van der Waals surface area contributed by atoms with E-state index in [2.05, 4.69) is 23.1 Å². The molecule has 0 spiro atoms. The normalized spacial score (nSPS) is 22.6. The van der Waals surface area contributed by atoms with Gasteiger partial charge in [-0.2, -0.15) is 5.10 Å². The van der Waals surface area contributed by atoms with Gasteiger partial charge in [-0.05, 0) is 85.6 Å². The second kappa shape index (κ2) is 8.73. The third kappa shape index (κ3) is 4.18. The first-order chi connectivity index (χ1) is 14.9. The van der Waals surface area contributed by atoms with Crippen LogP contribution in [0.15, 0.2) is 60.4 Å². The summed E-state index contributed by atoms with van der Waals surface area (Å²) in [5, 5.41) is 23.1. The topological polar surface area (TPSA) is 71.2 Å². The zero-order chi connectivity index (χ0) is 22.0. The van der Waals surface area contributed by atoms with Gasteiger partial charge in [0.2, 0.25) is 0 Å². The van der Waals surface area contributed by atoms with Gasteiger partial charge in [-0.15, -0.1) is 0 Å². The van der Waals surface area contributed by atoms with E-state index in [9.17, 15) is 9.50 Å². The molecular weight excluding hydrogens is 393 g/mol. The molecule has 31 heavy (non-hydrogen) atoms. The first kappa shape index (κ1) is 21.4. The number of allylic oxidation sites excluding steroid dienone is 1. The predicted molar refractivity (Wildman–Crippen MR) is 118 cm³/mol. The number of hydrogen-bond acceptors (Lipinski definition) is 4. The summed E-state index contributed by atoms with van der Waals surface area (Å²) in [6.45, 7) is 4.20. The van der Waals surface area contributed by atoms with Gasteiger partial charge in [-0.1, -0.05) is 18.6 Å². The number of pyridine rings is 1. The second-order valence-corrected chi connectivity index (χ2v) is 8.56. The molecule has 0 radical (unpaired) electrons. The molecule has 2 heterocycles. The first-order valence-corrected chi connectivity index (χ1v) is 10.7. The third-order valence-electron chi connectivity index (χ3n) is 6.56. The van der Waals surface area contributed by atoms with E-state index in [1.165, 1.54) is 23.3 Å². The van der Waals surface area contributed by atoms with E-state index in [-0.39, 0.29) is 17.8 Å². The van der Waals surface area contributed by atoms with Crippen LogP contribution in [0.4, 0.5) is 4.39 Å². The van der Waals surface area contributed by atoms with Crippen LogP contribution in [0.25, 0.3) is 11.8 Å². The highest BCUT2D eigenvalue weighted by atomic mass is 19.1. The van der Waals surface area contributed by atoms with Crippen LogP contribution in [-0.2, 0) is 6.42 Å². The summed E-state index contributed by atoms with van der Waals surface area (Å²) in [6.07, 6.45) is 8.35. The summed E-state index contributed by atoms with van der Waals surface area (Å²) in [5.74, 6) is 0.0957. The minimum absolute atomic E-state index is 0.0540. The maximum atomic E-state index is 13.1. The van der Waals surface area contributed by atoms with Crippen molar-refractivity contribution in [2.24, 2.45) is 11.3 Å². The highest BCUT2D eigenvalue weighted by Gasteiger charge is 2.45. The summed E-state index contributed by atoms with van der Waals surface area (Å²) in [7, 11) is 0. The van der Waals surface area contributed by atoms with Gasteiger partial charge in [0, 0.05) is 12.8 Å². The number of rotatable bonds is 3. The van der Waals surface area contributed by atoms with Crippen molar-refractivity contribution in [3.8, 4) is 5.69 Å². The van der Waals surface area contributed by atoms with Crippen LogP contribution in [0.1, 0.15) is 49.7 Å². The fraction of sp³-hybridized carbons (Fsp3) is 0.360. The number of hydrogen-bond donors (Lipinski definition) is 2. The Morgan fingerprint density at radius 2 is 2.00 bits per heavy atom. The van der Waals surface area contributed by atoms with Crippen molar-refractivity contribution in [1.29, 1.82) is 0 Å². The predicted octanol–water partition coefficient (Wildman–Crippen LogP) is 4.49. The molecule has 5 nitrogen and oxygen atoms in total. The summed E-state index contributed by atoms with van der Waals surface area (Å²) in [6, 6.07) is 11.9. The summed E-state index contributed by atoms with van der Waals surface area (Å²) in [5.41, 5.74) is 5.35. The first-order valence-electron chi connectivity index (χ1n) is 10.7. The molecule has 1 saturated carbocycles. The molecule has 1 aromatic carbocycles. The molecule has 2 unspecified atom stereocenters. The van der Waals surface area contributed by atoms with Crippen molar-refractivity contribution in [3.05, 3.63) is 83.2 Å². The van der Waals surface area contributed by atoms with E-state index >= 15 is 0 Å². The molecule has 0 amide bonds. The van der Waals surface area contributed by atoms with Crippen molar-refractivity contribution in [3.63, 3.8) is 0 Å². The number of halogens is 1. The van der Waals surface area contributed by atoms with E-state index in [0.717, 1.165) is 36.3 Å². The molecular formula is C25H28FN3O2. The summed E-state index contributed by atoms with van der Waals surface area (Å²) >= 11 is 0. The Labute approximate surface area is 181 Å². The monoisotopic (exact) mass is 421 g/mol. The van der Waals surface area contributed by atoms with E-state index in [1.54, 1.807) is 31.3 Å². The highest BCUT2D eigenvalue weighted by molar-refractivity contribution is 5.61. The molecule has 5 rings (SSSR count). The second-order valence-electron chi connectivity index (χ2n) is 8.56. The Bertz CT molecular complexity index is 1060. The smallest absolute Gasteiger partial charge is 0.123 e. The third-order valence-corrected chi connectivity index (χ3v) is 6.56. The molecule has 0 aliphatic heterocycles. The molecule has 2 aliphatic carbocycles. The minimum Gasteiger partial charge on any atom is -0.396 e. The van der Waals surface area contributed by atoms with Gasteiger partial charge < -0.3 is 10.2 Å². The van der Waals surface area contributed by atoms with E-state index < -0.39 is 6.10 Å². The molecule has 6 heteroatoms. The molecule has 0 saturated heterocycles. The van der Waals surface area contributed by atoms with Crippen molar-refractivity contribution in [2.45, 2.75) is 39.2 Å². The van der Waals surface area contributed by atoms with Crippen LogP contribution in [-0.4, -0.2) is 31.6 Å². The standard InChI is InChI=1S/C18H19FN2O.C7H9NO/c1-18-9-12-10-20-21(16-6-4-15(19)5-7-16)17(12)8-13(18)2-3-14(18)11-22;1-6(9)7-4-2-3-5-8-7/h4-8,10,14,22H,2-3,9,11H2,1H3;2-6,9H,1H3/t14?,18-;/m0./s1. The Morgan fingerprint density at radius 3 is 2.61 bits per heavy atom. The zero-order valence-corrected chi connectivity index (χ0v) is 17.9. The number of fused-ring (bicyclic) bond motifs is 2. The van der Waals surface area contributed by atoms with E-state index in [4.69, 9.17) is 5.11 Å². The number of aliphatic hydroxyl groups excluding tert-OH is 2. The molecule has 3 atom stereocenters. The Balaban J connectivity index is 0.000000217. The number of aromatic nitrogens is 3. The van der Waals surface area contributed by atoms with Gasteiger partial charge in [0.1, 0.15) is 5.82 Å². The molecule has 2 N–H and O–H groups in total.